The zero-order valence-electron chi connectivity index (χ0n) is 19.5. The summed E-state index contributed by atoms with van der Waals surface area (Å²) in [4.78, 5) is 48.6. The number of carbonyl (C=O) groups is 4. The highest BCUT2D eigenvalue weighted by Crippen LogP contribution is 2.08. The van der Waals surface area contributed by atoms with Crippen LogP contribution in [-0.2, 0) is 19.1 Å². The molecule has 12 nitrogen and oxygen atoms in total. The van der Waals surface area contributed by atoms with Gasteiger partial charge in [-0.2, -0.15) is 0 Å². The van der Waals surface area contributed by atoms with E-state index in [4.69, 9.17) is 28.0 Å². The topological polar surface area (TPSA) is 217 Å². The largest absolute Gasteiger partial charge is 0.505 e. The summed E-state index contributed by atoms with van der Waals surface area (Å²) in [6.07, 6.45) is 5.00. The summed E-state index contributed by atoms with van der Waals surface area (Å²) < 4.78 is 4.61. The van der Waals surface area contributed by atoms with E-state index in [1.807, 2.05) is 0 Å². The number of hydrogen-bond donors (Lipinski definition) is 6. The molecule has 10 N–H and O–H groups in total. The minimum Gasteiger partial charge on any atom is -0.450 e. The molecule has 0 saturated heterocycles. The van der Waals surface area contributed by atoms with Gasteiger partial charge in [0.15, 0.2) is 0 Å². The molecule has 0 aromatic rings. The van der Waals surface area contributed by atoms with Crippen molar-refractivity contribution >= 4 is 23.9 Å². The van der Waals surface area contributed by atoms with Crippen molar-refractivity contribution in [2.75, 3.05) is 32.8 Å². The number of nitrogens with zero attached hydrogens (tertiary/aromatic N) is 1. The molecule has 0 radical (unpaired) electrons. The lowest BCUT2D eigenvalue weighted by Gasteiger charge is -2.26. The molecule has 2 atom stereocenters. The molecule has 0 aliphatic heterocycles. The second kappa shape index (κ2) is 19.1. The van der Waals surface area contributed by atoms with Crippen LogP contribution in [0.4, 0.5) is 4.79 Å². The zero-order valence-corrected chi connectivity index (χ0v) is 19.5. The van der Waals surface area contributed by atoms with Gasteiger partial charge in [-0.1, -0.05) is 25.7 Å². The van der Waals surface area contributed by atoms with E-state index >= 15 is 0 Å². The number of carbonyl (C=O) groups excluding carboxylic acids is 3. The maximum atomic E-state index is 12.8. The van der Waals surface area contributed by atoms with Gasteiger partial charge in [-0.15, -0.1) is 0 Å². The third kappa shape index (κ3) is 16.8. The van der Waals surface area contributed by atoms with E-state index in [1.54, 1.807) is 0 Å². The fourth-order valence-corrected chi connectivity index (χ4v) is 3.25. The van der Waals surface area contributed by atoms with Crippen LogP contribution in [0.25, 0.3) is 0 Å². The van der Waals surface area contributed by atoms with Crippen LogP contribution in [0.1, 0.15) is 64.2 Å². The molecule has 0 aromatic carbocycles. The normalized spacial score (nSPS) is 12.6. The van der Waals surface area contributed by atoms with E-state index in [0.717, 1.165) is 32.1 Å². The van der Waals surface area contributed by atoms with Crippen LogP contribution in [0.5, 0.6) is 0 Å². The molecule has 0 unspecified atom stereocenters. The molecule has 0 rings (SSSR count). The van der Waals surface area contributed by atoms with E-state index in [9.17, 15) is 19.2 Å². The Morgan fingerprint density at radius 3 is 2.12 bits per heavy atom. The first-order valence-corrected chi connectivity index (χ1v) is 11.6. The third-order valence-corrected chi connectivity index (χ3v) is 5.08. The van der Waals surface area contributed by atoms with Crippen molar-refractivity contribution in [2.24, 2.45) is 22.9 Å². The number of nitrogens with one attached hydrogen (secondary N) is 1. The molecular formula is C21H42N6O6. The van der Waals surface area contributed by atoms with Gasteiger partial charge in [0.1, 0.15) is 6.61 Å². The van der Waals surface area contributed by atoms with Gasteiger partial charge >= 0.3 is 6.16 Å². The second-order valence-corrected chi connectivity index (χ2v) is 8.05. The number of hydrogen-bond acceptors (Lipinski definition) is 8. The first kappa shape index (κ1) is 30.6. The highest BCUT2D eigenvalue weighted by Gasteiger charge is 2.24. The Morgan fingerprint density at radius 2 is 1.52 bits per heavy atom. The Balaban J connectivity index is 4.98. The Labute approximate surface area is 195 Å². The first-order chi connectivity index (χ1) is 15.7. The molecule has 0 aromatic heterocycles. The van der Waals surface area contributed by atoms with Crippen LogP contribution >= 0.6 is 0 Å². The molecular weight excluding hydrogens is 432 g/mol. The average molecular weight is 475 g/mol. The SMILES string of the molecule is NCCCCCCCN(CC(=O)N[C@H](CCCCN)COC(=O)O)C(=O)[C@H](N)CCC(N)=O. The quantitative estimate of drug-likeness (QED) is 0.0999. The summed E-state index contributed by atoms with van der Waals surface area (Å²) in [7, 11) is 0. The van der Waals surface area contributed by atoms with E-state index in [2.05, 4.69) is 10.1 Å². The average Bonchev–Trinajstić information content (AvgIpc) is 2.76. The fourth-order valence-electron chi connectivity index (χ4n) is 3.25. The molecule has 0 spiro atoms. The highest BCUT2D eigenvalue weighted by molar-refractivity contribution is 5.88. The predicted molar refractivity (Wildman–Crippen MR) is 124 cm³/mol. The summed E-state index contributed by atoms with van der Waals surface area (Å²) in [5.41, 5.74) is 22.1. The van der Waals surface area contributed by atoms with E-state index in [0.29, 0.717) is 38.9 Å². The molecule has 33 heavy (non-hydrogen) atoms. The van der Waals surface area contributed by atoms with Crippen LogP contribution < -0.4 is 28.3 Å². The van der Waals surface area contributed by atoms with Gasteiger partial charge in [0.25, 0.3) is 0 Å². The van der Waals surface area contributed by atoms with Gasteiger partial charge in [-0.25, -0.2) is 4.79 Å². The van der Waals surface area contributed by atoms with Gasteiger partial charge in [0.05, 0.1) is 18.6 Å². The smallest absolute Gasteiger partial charge is 0.450 e. The van der Waals surface area contributed by atoms with E-state index < -0.39 is 36.0 Å². The number of primary amides is 1. The lowest BCUT2D eigenvalue weighted by atomic mass is 10.1. The molecule has 0 heterocycles. The summed E-state index contributed by atoms with van der Waals surface area (Å²) >= 11 is 0. The van der Waals surface area contributed by atoms with Gasteiger partial charge in [0, 0.05) is 13.0 Å². The minimum atomic E-state index is -1.43. The second-order valence-electron chi connectivity index (χ2n) is 8.05. The molecule has 192 valence electrons. The molecule has 0 saturated carbocycles. The van der Waals surface area contributed by atoms with Gasteiger partial charge < -0.3 is 43.0 Å². The number of rotatable bonds is 20. The van der Waals surface area contributed by atoms with Crippen molar-refractivity contribution in [1.82, 2.24) is 10.2 Å². The lowest BCUT2D eigenvalue weighted by molar-refractivity contribution is -0.137. The van der Waals surface area contributed by atoms with Crippen LogP contribution in [0.3, 0.4) is 0 Å². The van der Waals surface area contributed by atoms with Crippen molar-refractivity contribution in [3.05, 3.63) is 0 Å². The summed E-state index contributed by atoms with van der Waals surface area (Å²) in [5, 5.41) is 11.5. The van der Waals surface area contributed by atoms with Crippen LogP contribution in [0.15, 0.2) is 0 Å². The highest BCUT2D eigenvalue weighted by atomic mass is 16.7. The van der Waals surface area contributed by atoms with Gasteiger partial charge in [0.2, 0.25) is 17.7 Å². The Bertz CT molecular complexity index is 592. The molecule has 0 aliphatic rings. The van der Waals surface area contributed by atoms with E-state index in [-0.39, 0.29) is 26.0 Å². The van der Waals surface area contributed by atoms with E-state index in [1.165, 1.54) is 4.90 Å². The van der Waals surface area contributed by atoms with Gasteiger partial charge in [-0.05, 0) is 45.2 Å². The van der Waals surface area contributed by atoms with Crippen molar-refractivity contribution in [2.45, 2.75) is 76.3 Å². The predicted octanol–water partition coefficient (Wildman–Crippen LogP) is -0.375. The number of unbranched alkanes of at least 4 members (excludes halogenated alkanes) is 5. The summed E-state index contributed by atoms with van der Waals surface area (Å²) in [5.74, 6) is -1.43. The molecule has 3 amide bonds. The zero-order chi connectivity index (χ0) is 25.1. The Hall–Kier alpha value is -2.44. The Morgan fingerprint density at radius 1 is 0.909 bits per heavy atom. The van der Waals surface area contributed by atoms with Crippen LogP contribution in [-0.4, -0.2) is 78.8 Å². The maximum Gasteiger partial charge on any atom is 0.505 e. The third-order valence-electron chi connectivity index (χ3n) is 5.08. The molecule has 0 aliphatic carbocycles. The van der Waals surface area contributed by atoms with Crippen molar-refractivity contribution in [1.29, 1.82) is 0 Å². The number of amides is 3. The van der Waals surface area contributed by atoms with Crippen LogP contribution in [0.2, 0.25) is 0 Å². The van der Waals surface area contributed by atoms with Crippen molar-refractivity contribution < 1.29 is 29.0 Å². The van der Waals surface area contributed by atoms with Gasteiger partial charge in [-0.3, -0.25) is 14.4 Å². The minimum absolute atomic E-state index is 0.0260. The van der Waals surface area contributed by atoms with Crippen LogP contribution in [0, 0.1) is 0 Å². The first-order valence-electron chi connectivity index (χ1n) is 11.6. The Kier molecular flexibility index (Phi) is 17.7. The molecule has 0 bridgehead atoms. The summed E-state index contributed by atoms with van der Waals surface area (Å²) in [6.45, 7) is 1.03. The fraction of sp³-hybridized carbons (Fsp3) is 0.810. The standard InChI is InChI=1S/C21H42N6O6/c22-11-5-2-1-3-7-13-27(20(30)17(24)9-10-18(25)28)14-19(29)26-16(8-4-6-12-23)15-33-21(31)32/h16-17H,1-15,22-24H2,(H2,25,28)(H,26,29)(H,31,32)/t16-,17-/m1/s1. The lowest BCUT2D eigenvalue weighted by Crippen LogP contribution is -2.50. The molecule has 12 heteroatoms. The van der Waals surface area contributed by atoms with Crippen molar-refractivity contribution in [3.63, 3.8) is 0 Å². The number of ether oxygens (including phenoxy) is 1. The number of carboxylic acid groups (broad SMARTS) is 1. The van der Waals surface area contributed by atoms with Crippen molar-refractivity contribution in [3.8, 4) is 0 Å². The molecule has 0 fully saturated rings. The number of nitrogens with two attached hydrogens (primary N) is 4. The summed E-state index contributed by atoms with van der Waals surface area (Å²) in [6, 6.07) is -1.48. The maximum absolute atomic E-state index is 12.8. The monoisotopic (exact) mass is 474 g/mol.